The predicted molar refractivity (Wildman–Crippen MR) is 112 cm³/mol. The first-order valence-corrected chi connectivity index (χ1v) is 9.99. The second-order valence-electron chi connectivity index (χ2n) is 8.26. The number of aliphatic hydroxyl groups is 3. The highest BCUT2D eigenvalue weighted by molar-refractivity contribution is 5.67. The Morgan fingerprint density at radius 2 is 1.85 bits per heavy atom. The van der Waals surface area contributed by atoms with Gasteiger partial charge in [0, 0.05) is 6.42 Å². The van der Waals surface area contributed by atoms with E-state index in [1.807, 2.05) is 38.1 Å². The zero-order chi connectivity index (χ0) is 19.9. The Bertz CT molecular complexity index is 665. The van der Waals surface area contributed by atoms with E-state index in [2.05, 4.69) is 24.8 Å². The summed E-state index contributed by atoms with van der Waals surface area (Å²) >= 11 is 0. The molecule has 1 aliphatic carbocycles. The van der Waals surface area contributed by atoms with Gasteiger partial charge in [-0.25, -0.2) is 0 Å². The molecule has 3 nitrogen and oxygen atoms in total. The summed E-state index contributed by atoms with van der Waals surface area (Å²) in [6, 6.07) is 10.3. The zero-order valence-corrected chi connectivity index (χ0v) is 16.7. The summed E-state index contributed by atoms with van der Waals surface area (Å²) in [7, 11) is 0. The quantitative estimate of drug-likeness (QED) is 0.577. The number of hydrogen-bond acceptors (Lipinski definition) is 3. The van der Waals surface area contributed by atoms with Gasteiger partial charge < -0.3 is 15.3 Å². The van der Waals surface area contributed by atoms with Gasteiger partial charge in [0.25, 0.3) is 0 Å². The number of hydrogen-bond donors (Lipinski definition) is 3. The Hall–Kier alpha value is -1.68. The largest absolute Gasteiger partial charge is 0.393 e. The molecular formula is C24H34O3. The van der Waals surface area contributed by atoms with Gasteiger partial charge in [0.1, 0.15) is 0 Å². The molecule has 0 aromatic heterocycles. The van der Waals surface area contributed by atoms with E-state index in [9.17, 15) is 15.3 Å². The highest BCUT2D eigenvalue weighted by Crippen LogP contribution is 2.29. The van der Waals surface area contributed by atoms with E-state index in [-0.39, 0.29) is 0 Å². The van der Waals surface area contributed by atoms with Crippen LogP contribution in [-0.4, -0.2) is 33.1 Å². The van der Waals surface area contributed by atoms with E-state index in [1.165, 1.54) is 11.1 Å². The van der Waals surface area contributed by atoms with Crippen molar-refractivity contribution in [3.63, 3.8) is 0 Å². The fourth-order valence-corrected chi connectivity index (χ4v) is 3.48. The van der Waals surface area contributed by atoms with E-state index in [1.54, 1.807) is 0 Å². The highest BCUT2D eigenvalue weighted by Gasteiger charge is 2.24. The molecule has 1 fully saturated rings. The lowest BCUT2D eigenvalue weighted by atomic mass is 9.85. The van der Waals surface area contributed by atoms with Gasteiger partial charge in [-0.05, 0) is 61.8 Å². The maximum atomic E-state index is 10.0. The van der Waals surface area contributed by atoms with Crippen LogP contribution in [0.3, 0.4) is 0 Å². The minimum absolute atomic E-state index is 0.368. The molecule has 2 atom stereocenters. The second-order valence-corrected chi connectivity index (χ2v) is 8.26. The smallest absolute Gasteiger partial charge is 0.0811 e. The standard InChI is InChI=1S/C24H34O3/c1-18-21(16-22(25)17-23(18)26)14-13-20(19-10-6-4-7-11-19)12-8-5-9-15-24(2,3)27/h4,6-7,10-11,13-14,22-23,25-27H,1,5,8-9,12,15-17H2,2-3H3/b20-13+,21-14-/t22-,23?/m1/s1. The molecule has 1 aromatic carbocycles. The molecule has 1 unspecified atom stereocenters. The molecule has 0 radical (unpaired) electrons. The minimum Gasteiger partial charge on any atom is -0.393 e. The molecule has 0 spiro atoms. The number of rotatable bonds is 8. The van der Waals surface area contributed by atoms with E-state index < -0.39 is 17.8 Å². The van der Waals surface area contributed by atoms with Crippen LogP contribution in [0.2, 0.25) is 0 Å². The lowest BCUT2D eigenvalue weighted by Crippen LogP contribution is -2.26. The number of aliphatic hydroxyl groups excluding tert-OH is 2. The summed E-state index contributed by atoms with van der Waals surface area (Å²) in [6.07, 6.45) is 8.79. The van der Waals surface area contributed by atoms with Gasteiger partial charge in [-0.15, -0.1) is 0 Å². The summed E-state index contributed by atoms with van der Waals surface area (Å²) in [5.41, 5.74) is 3.49. The van der Waals surface area contributed by atoms with Crippen molar-refractivity contribution in [2.24, 2.45) is 0 Å². The van der Waals surface area contributed by atoms with E-state index >= 15 is 0 Å². The first kappa shape index (κ1) is 21.6. The normalized spacial score (nSPS) is 23.1. The van der Waals surface area contributed by atoms with Crippen LogP contribution >= 0.6 is 0 Å². The molecule has 3 heteroatoms. The van der Waals surface area contributed by atoms with Gasteiger partial charge >= 0.3 is 0 Å². The molecule has 0 aliphatic heterocycles. The molecule has 148 valence electrons. The van der Waals surface area contributed by atoms with Crippen LogP contribution in [0.15, 0.2) is 60.2 Å². The van der Waals surface area contributed by atoms with Crippen LogP contribution in [0.5, 0.6) is 0 Å². The Morgan fingerprint density at radius 1 is 1.15 bits per heavy atom. The van der Waals surface area contributed by atoms with Gasteiger partial charge in [-0.1, -0.05) is 61.9 Å². The van der Waals surface area contributed by atoms with Crippen molar-refractivity contribution in [1.29, 1.82) is 0 Å². The van der Waals surface area contributed by atoms with Crippen molar-refractivity contribution >= 4 is 5.57 Å². The summed E-state index contributed by atoms with van der Waals surface area (Å²) in [5.74, 6) is 0. The van der Waals surface area contributed by atoms with E-state index in [0.29, 0.717) is 18.4 Å². The molecule has 1 aliphatic rings. The highest BCUT2D eigenvalue weighted by atomic mass is 16.3. The second kappa shape index (κ2) is 10.0. The number of unbranched alkanes of at least 4 members (excludes halogenated alkanes) is 2. The van der Waals surface area contributed by atoms with Gasteiger partial charge in [-0.2, -0.15) is 0 Å². The molecule has 0 amide bonds. The van der Waals surface area contributed by atoms with Crippen molar-refractivity contribution in [2.45, 2.75) is 76.6 Å². The topological polar surface area (TPSA) is 60.7 Å². The fourth-order valence-electron chi connectivity index (χ4n) is 3.48. The molecular weight excluding hydrogens is 336 g/mol. The Balaban J connectivity index is 2.07. The number of allylic oxidation sites excluding steroid dienone is 3. The average Bonchev–Trinajstić information content (AvgIpc) is 2.61. The van der Waals surface area contributed by atoms with Crippen molar-refractivity contribution in [2.75, 3.05) is 0 Å². The average molecular weight is 371 g/mol. The lowest BCUT2D eigenvalue weighted by Gasteiger charge is -2.26. The van der Waals surface area contributed by atoms with Crippen LogP contribution in [0.4, 0.5) is 0 Å². The van der Waals surface area contributed by atoms with Gasteiger partial charge in [0.2, 0.25) is 0 Å². The van der Waals surface area contributed by atoms with Gasteiger partial charge in [0.05, 0.1) is 17.8 Å². The van der Waals surface area contributed by atoms with Crippen LogP contribution in [-0.2, 0) is 0 Å². The third-order valence-electron chi connectivity index (χ3n) is 5.13. The number of benzene rings is 1. The first-order chi connectivity index (χ1) is 12.8. The maximum Gasteiger partial charge on any atom is 0.0811 e. The third kappa shape index (κ3) is 7.45. The lowest BCUT2D eigenvalue weighted by molar-refractivity contribution is 0.0681. The predicted octanol–water partition coefficient (Wildman–Crippen LogP) is 4.79. The molecule has 0 bridgehead atoms. The molecule has 1 saturated carbocycles. The maximum absolute atomic E-state index is 10.0. The van der Waals surface area contributed by atoms with Crippen molar-refractivity contribution in [3.05, 3.63) is 65.8 Å². The van der Waals surface area contributed by atoms with Crippen molar-refractivity contribution in [3.8, 4) is 0 Å². The van der Waals surface area contributed by atoms with Crippen LogP contribution < -0.4 is 0 Å². The summed E-state index contributed by atoms with van der Waals surface area (Å²) < 4.78 is 0. The summed E-state index contributed by atoms with van der Waals surface area (Å²) in [4.78, 5) is 0. The van der Waals surface area contributed by atoms with E-state index in [4.69, 9.17) is 0 Å². The van der Waals surface area contributed by atoms with Crippen LogP contribution in [0.1, 0.15) is 64.4 Å². The third-order valence-corrected chi connectivity index (χ3v) is 5.13. The molecule has 0 heterocycles. The fraction of sp³-hybridized carbons (Fsp3) is 0.500. The first-order valence-electron chi connectivity index (χ1n) is 9.99. The van der Waals surface area contributed by atoms with Crippen molar-refractivity contribution in [1.82, 2.24) is 0 Å². The molecule has 3 N–H and O–H groups in total. The SMILES string of the molecule is C=C1/C(=C\C=C(/CCCCCC(C)(C)O)c2ccccc2)C[C@@H](O)CC1O. The summed E-state index contributed by atoms with van der Waals surface area (Å²) in [5, 5.41) is 29.8. The molecule has 1 aromatic rings. The van der Waals surface area contributed by atoms with Crippen LogP contribution in [0.25, 0.3) is 5.57 Å². The Morgan fingerprint density at radius 3 is 2.52 bits per heavy atom. The van der Waals surface area contributed by atoms with Gasteiger partial charge in [0.15, 0.2) is 0 Å². The Labute approximate surface area is 163 Å². The zero-order valence-electron chi connectivity index (χ0n) is 16.7. The minimum atomic E-state index is -0.657. The van der Waals surface area contributed by atoms with Gasteiger partial charge in [-0.3, -0.25) is 0 Å². The molecule has 27 heavy (non-hydrogen) atoms. The monoisotopic (exact) mass is 370 g/mol. The van der Waals surface area contributed by atoms with Crippen LogP contribution in [0, 0.1) is 0 Å². The van der Waals surface area contributed by atoms with Crippen molar-refractivity contribution < 1.29 is 15.3 Å². The van der Waals surface area contributed by atoms with E-state index in [0.717, 1.165) is 37.7 Å². The Kier molecular flexibility index (Phi) is 8.03. The molecule has 2 rings (SSSR count). The summed E-state index contributed by atoms with van der Waals surface area (Å²) in [6.45, 7) is 7.70. The molecule has 0 saturated heterocycles.